The minimum Gasteiger partial charge on any atom is -0.368 e. The molecule has 2 rings (SSSR count). The van der Waals surface area contributed by atoms with E-state index in [0.29, 0.717) is 16.7 Å². The fourth-order valence-corrected chi connectivity index (χ4v) is 1.56. The molecule has 2 heterocycles. The second kappa shape index (κ2) is 4.67. The summed E-state index contributed by atoms with van der Waals surface area (Å²) in [6.07, 6.45) is -1.23. The molecule has 2 aromatic rings. The molecule has 0 saturated heterocycles. The summed E-state index contributed by atoms with van der Waals surface area (Å²) in [4.78, 5) is 11.7. The molecule has 0 aliphatic heterocycles. The molecule has 0 aliphatic carbocycles. The first-order valence-electron chi connectivity index (χ1n) is 5.45. The summed E-state index contributed by atoms with van der Waals surface area (Å²) in [5.74, 6) is 0.382. The first-order chi connectivity index (χ1) is 8.47. The molecule has 96 valence electrons. The van der Waals surface area contributed by atoms with Crippen LogP contribution in [0.5, 0.6) is 0 Å². The molecule has 7 heteroatoms. The van der Waals surface area contributed by atoms with Gasteiger partial charge in [-0.05, 0) is 19.9 Å². The first-order valence-corrected chi connectivity index (χ1v) is 5.45. The maximum Gasteiger partial charge on any atom is 0.280 e. The molecular formula is C11H13F2N5. The Kier molecular flexibility index (Phi) is 3.22. The van der Waals surface area contributed by atoms with E-state index in [-0.39, 0.29) is 17.7 Å². The van der Waals surface area contributed by atoms with Gasteiger partial charge in [-0.15, -0.1) is 0 Å². The van der Waals surface area contributed by atoms with E-state index >= 15 is 0 Å². The molecule has 0 aliphatic rings. The smallest absolute Gasteiger partial charge is 0.280 e. The third-order valence-electron chi connectivity index (χ3n) is 2.25. The number of halogens is 2. The Morgan fingerprint density at radius 1 is 1.28 bits per heavy atom. The number of nitrogens with one attached hydrogen (secondary N) is 1. The minimum absolute atomic E-state index is 0.0461. The summed E-state index contributed by atoms with van der Waals surface area (Å²) < 4.78 is 25.5. The number of hydrogen-bond donors (Lipinski definition) is 2. The second-order valence-electron chi connectivity index (χ2n) is 4.16. The van der Waals surface area contributed by atoms with Gasteiger partial charge in [-0.2, -0.15) is 0 Å². The Balaban J connectivity index is 2.65. The first kappa shape index (κ1) is 12.4. The highest BCUT2D eigenvalue weighted by Gasteiger charge is 2.15. The molecule has 2 aromatic heterocycles. The van der Waals surface area contributed by atoms with Crippen LogP contribution in [0.1, 0.15) is 26.0 Å². The van der Waals surface area contributed by atoms with E-state index in [1.807, 2.05) is 13.8 Å². The van der Waals surface area contributed by atoms with Crippen LogP contribution < -0.4 is 11.1 Å². The van der Waals surface area contributed by atoms with E-state index < -0.39 is 6.43 Å². The minimum atomic E-state index is -2.64. The monoisotopic (exact) mass is 253 g/mol. The molecule has 0 amide bonds. The molecule has 0 radical (unpaired) electrons. The number of rotatable bonds is 3. The Labute approximate surface area is 102 Å². The molecule has 18 heavy (non-hydrogen) atoms. The van der Waals surface area contributed by atoms with Crippen LogP contribution in [0.3, 0.4) is 0 Å². The average Bonchev–Trinajstić information content (AvgIpc) is 2.28. The highest BCUT2D eigenvalue weighted by atomic mass is 19.3. The predicted octanol–water partition coefficient (Wildman–Crippen LogP) is 2.36. The molecule has 0 spiro atoms. The van der Waals surface area contributed by atoms with Crippen LogP contribution in [0.4, 0.5) is 20.5 Å². The van der Waals surface area contributed by atoms with Crippen molar-refractivity contribution in [2.75, 3.05) is 11.1 Å². The predicted molar refractivity (Wildman–Crippen MR) is 65.5 cm³/mol. The Morgan fingerprint density at radius 3 is 2.61 bits per heavy atom. The van der Waals surface area contributed by atoms with Crippen LogP contribution >= 0.6 is 0 Å². The van der Waals surface area contributed by atoms with E-state index in [4.69, 9.17) is 5.73 Å². The van der Waals surface area contributed by atoms with E-state index in [0.717, 1.165) is 0 Å². The highest BCUT2D eigenvalue weighted by Crippen LogP contribution is 2.26. The van der Waals surface area contributed by atoms with Crippen molar-refractivity contribution in [1.82, 2.24) is 15.0 Å². The molecule has 0 atom stereocenters. The largest absolute Gasteiger partial charge is 0.368 e. The number of fused-ring (bicyclic) bond motifs is 1. The van der Waals surface area contributed by atoms with Crippen molar-refractivity contribution in [2.45, 2.75) is 26.3 Å². The SMILES string of the molecule is CC(C)Nc1nc(C(F)F)cc2cnc(N)nc12. The molecule has 0 fully saturated rings. The van der Waals surface area contributed by atoms with Gasteiger partial charge in [-0.25, -0.2) is 23.7 Å². The maximum atomic E-state index is 12.7. The van der Waals surface area contributed by atoms with Crippen molar-refractivity contribution in [3.63, 3.8) is 0 Å². The van der Waals surface area contributed by atoms with Crippen molar-refractivity contribution in [2.24, 2.45) is 0 Å². The normalized spacial score (nSPS) is 11.4. The second-order valence-corrected chi connectivity index (χ2v) is 4.16. The topological polar surface area (TPSA) is 76.7 Å². The van der Waals surface area contributed by atoms with Crippen LogP contribution in [0.15, 0.2) is 12.3 Å². The summed E-state index contributed by atoms with van der Waals surface area (Å²) in [6.45, 7) is 3.76. The highest BCUT2D eigenvalue weighted by molar-refractivity contribution is 5.88. The Bertz CT molecular complexity index is 571. The van der Waals surface area contributed by atoms with E-state index in [2.05, 4.69) is 20.3 Å². The molecule has 5 nitrogen and oxygen atoms in total. The molecule has 0 saturated carbocycles. The van der Waals surface area contributed by atoms with Crippen LogP contribution in [0.2, 0.25) is 0 Å². The maximum absolute atomic E-state index is 12.7. The fraction of sp³-hybridized carbons (Fsp3) is 0.364. The summed E-state index contributed by atoms with van der Waals surface area (Å²) in [7, 11) is 0. The number of aromatic nitrogens is 3. The van der Waals surface area contributed by atoms with Crippen molar-refractivity contribution in [3.05, 3.63) is 18.0 Å². The fourth-order valence-electron chi connectivity index (χ4n) is 1.56. The Hall–Kier alpha value is -2.05. The number of alkyl halides is 2. The number of pyridine rings is 1. The number of nitrogens with two attached hydrogens (primary N) is 1. The van der Waals surface area contributed by atoms with Gasteiger partial charge in [0.15, 0.2) is 5.82 Å². The van der Waals surface area contributed by atoms with Gasteiger partial charge in [-0.1, -0.05) is 0 Å². The zero-order valence-electron chi connectivity index (χ0n) is 9.98. The van der Waals surface area contributed by atoms with Gasteiger partial charge >= 0.3 is 0 Å². The van der Waals surface area contributed by atoms with Gasteiger partial charge in [0.05, 0.1) is 0 Å². The summed E-state index contributed by atoms with van der Waals surface area (Å²) >= 11 is 0. The van der Waals surface area contributed by atoms with Crippen molar-refractivity contribution in [3.8, 4) is 0 Å². The number of anilines is 2. The molecule has 0 unspecified atom stereocenters. The van der Waals surface area contributed by atoms with E-state index in [1.165, 1.54) is 12.3 Å². The molecule has 3 N–H and O–H groups in total. The van der Waals surface area contributed by atoms with Gasteiger partial charge in [0.1, 0.15) is 11.2 Å². The van der Waals surface area contributed by atoms with E-state index in [1.54, 1.807) is 0 Å². The number of nitrogens with zero attached hydrogens (tertiary/aromatic N) is 3. The lowest BCUT2D eigenvalue weighted by Crippen LogP contribution is -2.13. The third-order valence-corrected chi connectivity index (χ3v) is 2.25. The summed E-state index contributed by atoms with van der Waals surface area (Å²) in [6, 6.07) is 1.31. The van der Waals surface area contributed by atoms with Crippen molar-refractivity contribution >= 4 is 22.7 Å². The van der Waals surface area contributed by atoms with Crippen LogP contribution in [0, 0.1) is 0 Å². The summed E-state index contributed by atoms with van der Waals surface area (Å²) in [5, 5.41) is 3.46. The lowest BCUT2D eigenvalue weighted by Gasteiger charge is -2.13. The van der Waals surface area contributed by atoms with Crippen molar-refractivity contribution in [1.29, 1.82) is 0 Å². The Morgan fingerprint density at radius 2 is 2.00 bits per heavy atom. The quantitative estimate of drug-likeness (QED) is 0.878. The van der Waals surface area contributed by atoms with Gasteiger partial charge in [-0.3, -0.25) is 0 Å². The molecule has 0 bridgehead atoms. The summed E-state index contributed by atoms with van der Waals surface area (Å²) in [5.41, 5.74) is 5.63. The van der Waals surface area contributed by atoms with Crippen molar-refractivity contribution < 1.29 is 8.78 Å². The lowest BCUT2D eigenvalue weighted by atomic mass is 10.2. The zero-order chi connectivity index (χ0) is 13.3. The van der Waals surface area contributed by atoms with Gasteiger partial charge < -0.3 is 11.1 Å². The lowest BCUT2D eigenvalue weighted by molar-refractivity contribution is 0.146. The van der Waals surface area contributed by atoms with Gasteiger partial charge in [0.2, 0.25) is 5.95 Å². The zero-order valence-corrected chi connectivity index (χ0v) is 9.98. The van der Waals surface area contributed by atoms with Crippen LogP contribution in [-0.2, 0) is 0 Å². The number of nitrogen functional groups attached to an aromatic ring is 1. The third kappa shape index (κ3) is 2.44. The number of hydrogen-bond acceptors (Lipinski definition) is 5. The van der Waals surface area contributed by atoms with E-state index in [9.17, 15) is 8.78 Å². The molecule has 0 aromatic carbocycles. The van der Waals surface area contributed by atoms with Crippen LogP contribution in [0.25, 0.3) is 10.9 Å². The van der Waals surface area contributed by atoms with Gasteiger partial charge in [0, 0.05) is 17.6 Å². The average molecular weight is 253 g/mol. The van der Waals surface area contributed by atoms with Crippen LogP contribution in [-0.4, -0.2) is 21.0 Å². The molecular weight excluding hydrogens is 240 g/mol. The standard InChI is InChI=1S/C11H13F2N5/c1-5(2)16-10-8-6(4-15-11(14)18-8)3-7(17-10)9(12)13/h3-5,9H,1-2H3,(H,16,17)(H2,14,15,18). The van der Waals surface area contributed by atoms with Gasteiger partial charge in [0.25, 0.3) is 6.43 Å².